The highest BCUT2D eigenvalue weighted by atomic mass is 16.2. The highest BCUT2D eigenvalue weighted by Crippen LogP contribution is 1.97. The summed E-state index contributed by atoms with van der Waals surface area (Å²) in [5, 5.41) is 9.48. The van der Waals surface area contributed by atoms with Crippen LogP contribution in [0.25, 0.3) is 0 Å². The quantitative estimate of drug-likeness (QED) is 0.727. The third kappa shape index (κ3) is 3.38. The lowest BCUT2D eigenvalue weighted by Crippen LogP contribution is -2.33. The van der Waals surface area contributed by atoms with Gasteiger partial charge in [-0.05, 0) is 13.8 Å². The number of nitrogens with one attached hydrogen (secondary N) is 2. The van der Waals surface area contributed by atoms with Crippen LogP contribution in [0.2, 0.25) is 0 Å². The van der Waals surface area contributed by atoms with Crippen molar-refractivity contribution in [1.29, 1.82) is 0 Å². The van der Waals surface area contributed by atoms with Crippen LogP contribution in [-0.2, 0) is 11.3 Å². The van der Waals surface area contributed by atoms with Crippen LogP contribution in [0, 0.1) is 0 Å². The molecule has 1 amide bonds. The number of rotatable bonds is 5. The minimum atomic E-state index is -0.287. The fraction of sp³-hybridized carbons (Fsp3) is 0.500. The van der Waals surface area contributed by atoms with E-state index in [0.717, 1.165) is 11.2 Å². The number of carbonyl (C=O) groups is 1. The number of amides is 1. The van der Waals surface area contributed by atoms with Crippen molar-refractivity contribution in [3.63, 3.8) is 0 Å². The smallest absolute Gasteiger partial charge is 0.269 e. The third-order valence-corrected chi connectivity index (χ3v) is 1.92. The van der Waals surface area contributed by atoms with Crippen LogP contribution < -0.4 is 16.2 Å². The Labute approximate surface area is 93.7 Å². The second-order valence-electron chi connectivity index (χ2n) is 3.22. The number of hydrogen-bond donors (Lipinski definition) is 2. The van der Waals surface area contributed by atoms with Gasteiger partial charge in [0.25, 0.3) is 5.56 Å². The molecule has 88 valence electrons. The summed E-state index contributed by atoms with van der Waals surface area (Å²) in [6.45, 7) is 4.98. The van der Waals surface area contributed by atoms with Gasteiger partial charge in [-0.25, -0.2) is 4.68 Å². The molecule has 0 spiro atoms. The van der Waals surface area contributed by atoms with Gasteiger partial charge >= 0.3 is 0 Å². The average molecular weight is 224 g/mol. The van der Waals surface area contributed by atoms with Crippen LogP contribution in [0.1, 0.15) is 13.8 Å². The van der Waals surface area contributed by atoms with Crippen molar-refractivity contribution in [2.24, 2.45) is 0 Å². The molecule has 1 heterocycles. The number of aromatic nitrogens is 2. The van der Waals surface area contributed by atoms with Crippen LogP contribution >= 0.6 is 0 Å². The lowest BCUT2D eigenvalue weighted by molar-refractivity contribution is -0.121. The predicted octanol–water partition coefficient (Wildman–Crippen LogP) is -0.189. The van der Waals surface area contributed by atoms with Crippen molar-refractivity contribution < 1.29 is 4.79 Å². The molecule has 0 aliphatic rings. The molecule has 6 nitrogen and oxygen atoms in total. The molecule has 0 aliphatic heterocycles. The third-order valence-electron chi connectivity index (χ3n) is 1.92. The molecule has 0 aromatic carbocycles. The Morgan fingerprint density at radius 1 is 1.44 bits per heavy atom. The maximum atomic E-state index is 11.5. The van der Waals surface area contributed by atoms with E-state index in [2.05, 4.69) is 15.7 Å². The van der Waals surface area contributed by atoms with Gasteiger partial charge in [-0.2, -0.15) is 5.10 Å². The van der Waals surface area contributed by atoms with Crippen molar-refractivity contribution in [3.05, 3.63) is 22.6 Å². The molecular formula is C10H16N4O2. The summed E-state index contributed by atoms with van der Waals surface area (Å²) in [5.74, 6) is -0.215. The standard InChI is InChI=1S/C10H16N4O2/c1-3-11-8-5-10(16)14(13-6-8)7-9(15)12-4-2/h5-6,11H,3-4,7H2,1-2H3,(H,12,15). The van der Waals surface area contributed by atoms with Crippen LogP contribution in [0.15, 0.2) is 17.1 Å². The van der Waals surface area contributed by atoms with Crippen molar-refractivity contribution in [2.75, 3.05) is 18.4 Å². The molecule has 1 rings (SSSR count). The Bertz CT molecular complexity index is 414. The van der Waals surface area contributed by atoms with Gasteiger partial charge in [-0.15, -0.1) is 0 Å². The normalized spacial score (nSPS) is 9.88. The van der Waals surface area contributed by atoms with E-state index in [1.165, 1.54) is 12.3 Å². The van der Waals surface area contributed by atoms with E-state index in [-0.39, 0.29) is 18.0 Å². The molecule has 2 N–H and O–H groups in total. The maximum Gasteiger partial charge on any atom is 0.269 e. The summed E-state index contributed by atoms with van der Waals surface area (Å²) in [4.78, 5) is 22.8. The van der Waals surface area contributed by atoms with Crippen molar-refractivity contribution in [2.45, 2.75) is 20.4 Å². The highest BCUT2D eigenvalue weighted by molar-refractivity contribution is 5.75. The average Bonchev–Trinajstić information content (AvgIpc) is 2.23. The second-order valence-corrected chi connectivity index (χ2v) is 3.22. The Morgan fingerprint density at radius 3 is 2.75 bits per heavy atom. The molecule has 0 unspecified atom stereocenters. The molecule has 1 aromatic heterocycles. The number of nitrogens with zero attached hydrogens (tertiary/aromatic N) is 2. The van der Waals surface area contributed by atoms with Crippen LogP contribution in [-0.4, -0.2) is 28.8 Å². The topological polar surface area (TPSA) is 76.0 Å². The SMILES string of the molecule is CCNC(=O)Cn1ncc(NCC)cc1=O. The number of anilines is 1. The monoisotopic (exact) mass is 224 g/mol. The van der Waals surface area contributed by atoms with Crippen molar-refractivity contribution >= 4 is 11.6 Å². The summed E-state index contributed by atoms with van der Waals surface area (Å²) < 4.78 is 1.13. The van der Waals surface area contributed by atoms with Gasteiger partial charge in [0, 0.05) is 19.2 Å². The summed E-state index contributed by atoms with van der Waals surface area (Å²) >= 11 is 0. The second kappa shape index (κ2) is 5.89. The van der Waals surface area contributed by atoms with Gasteiger partial charge in [0.15, 0.2) is 0 Å². The van der Waals surface area contributed by atoms with Gasteiger partial charge in [0.2, 0.25) is 5.91 Å². The number of carbonyl (C=O) groups excluding carboxylic acids is 1. The molecule has 0 aliphatic carbocycles. The lowest BCUT2D eigenvalue weighted by atomic mass is 10.4. The summed E-state index contributed by atoms with van der Waals surface area (Å²) in [6, 6.07) is 1.43. The maximum absolute atomic E-state index is 11.5. The zero-order valence-corrected chi connectivity index (χ0v) is 9.49. The van der Waals surface area contributed by atoms with Crippen LogP contribution in [0.5, 0.6) is 0 Å². The fourth-order valence-electron chi connectivity index (χ4n) is 1.24. The summed E-state index contributed by atoms with van der Waals surface area (Å²) in [5.41, 5.74) is 0.379. The fourth-order valence-corrected chi connectivity index (χ4v) is 1.24. The molecular weight excluding hydrogens is 208 g/mol. The highest BCUT2D eigenvalue weighted by Gasteiger charge is 2.04. The van der Waals surface area contributed by atoms with Crippen LogP contribution in [0.4, 0.5) is 5.69 Å². The number of hydrogen-bond acceptors (Lipinski definition) is 4. The lowest BCUT2D eigenvalue weighted by Gasteiger charge is -2.06. The van der Waals surface area contributed by atoms with Crippen LogP contribution in [0.3, 0.4) is 0 Å². The van der Waals surface area contributed by atoms with Crippen molar-refractivity contribution in [3.8, 4) is 0 Å². The molecule has 0 radical (unpaired) electrons. The summed E-state index contributed by atoms with van der Waals surface area (Å²) in [6.07, 6.45) is 1.53. The van der Waals surface area contributed by atoms with E-state index in [1.54, 1.807) is 0 Å². The Hall–Kier alpha value is -1.85. The molecule has 0 atom stereocenters. The minimum absolute atomic E-state index is 0.0426. The van der Waals surface area contributed by atoms with E-state index < -0.39 is 0 Å². The minimum Gasteiger partial charge on any atom is -0.384 e. The van der Waals surface area contributed by atoms with Gasteiger partial charge in [0.05, 0.1) is 11.9 Å². The Morgan fingerprint density at radius 2 is 2.19 bits per heavy atom. The molecule has 16 heavy (non-hydrogen) atoms. The molecule has 6 heteroatoms. The van der Waals surface area contributed by atoms with E-state index in [4.69, 9.17) is 0 Å². The molecule has 0 saturated carbocycles. The van der Waals surface area contributed by atoms with E-state index in [1.807, 2.05) is 13.8 Å². The summed E-state index contributed by atoms with van der Waals surface area (Å²) in [7, 11) is 0. The van der Waals surface area contributed by atoms with E-state index in [0.29, 0.717) is 12.2 Å². The van der Waals surface area contributed by atoms with Gasteiger partial charge < -0.3 is 10.6 Å². The molecule has 0 fully saturated rings. The van der Waals surface area contributed by atoms with E-state index >= 15 is 0 Å². The first kappa shape index (κ1) is 12.2. The largest absolute Gasteiger partial charge is 0.384 e. The number of likely N-dealkylation sites (N-methyl/N-ethyl adjacent to an activating group) is 1. The molecule has 1 aromatic rings. The first-order valence-corrected chi connectivity index (χ1v) is 5.25. The Kier molecular flexibility index (Phi) is 4.50. The van der Waals surface area contributed by atoms with Gasteiger partial charge in [0.1, 0.15) is 6.54 Å². The first-order chi connectivity index (χ1) is 7.67. The van der Waals surface area contributed by atoms with Crippen molar-refractivity contribution in [1.82, 2.24) is 15.1 Å². The predicted molar refractivity (Wildman–Crippen MR) is 61.3 cm³/mol. The molecule has 0 bridgehead atoms. The Balaban J connectivity index is 2.75. The van der Waals surface area contributed by atoms with Gasteiger partial charge in [-0.3, -0.25) is 9.59 Å². The molecule has 0 saturated heterocycles. The van der Waals surface area contributed by atoms with Gasteiger partial charge in [-0.1, -0.05) is 0 Å². The van der Waals surface area contributed by atoms with E-state index in [9.17, 15) is 9.59 Å². The zero-order chi connectivity index (χ0) is 12.0. The first-order valence-electron chi connectivity index (χ1n) is 5.25. The zero-order valence-electron chi connectivity index (χ0n) is 9.49.